The van der Waals surface area contributed by atoms with E-state index in [0.717, 1.165) is 18.5 Å². The molecule has 3 aromatic rings. The van der Waals surface area contributed by atoms with Gasteiger partial charge in [-0.2, -0.15) is 0 Å². The smallest absolute Gasteiger partial charge is 0.276 e. The zero-order valence-electron chi connectivity index (χ0n) is 14.1. The number of amides is 1. The minimum atomic E-state index is -0.300. The van der Waals surface area contributed by atoms with E-state index < -0.39 is 0 Å². The maximum Gasteiger partial charge on any atom is 0.276 e. The van der Waals surface area contributed by atoms with Crippen LogP contribution in [0.1, 0.15) is 40.6 Å². The maximum absolute atomic E-state index is 13.8. The van der Waals surface area contributed by atoms with Crippen molar-refractivity contribution in [3.8, 4) is 0 Å². The molecule has 7 heteroatoms. The van der Waals surface area contributed by atoms with E-state index in [9.17, 15) is 9.18 Å². The molecular formula is C19H18FN5O. The Morgan fingerprint density at radius 3 is 2.85 bits per heavy atom. The van der Waals surface area contributed by atoms with Gasteiger partial charge >= 0.3 is 0 Å². The van der Waals surface area contributed by atoms with E-state index >= 15 is 0 Å². The van der Waals surface area contributed by atoms with Crippen LogP contribution in [0.25, 0.3) is 0 Å². The highest BCUT2D eigenvalue weighted by molar-refractivity contribution is 5.92. The van der Waals surface area contributed by atoms with E-state index in [4.69, 9.17) is 0 Å². The van der Waals surface area contributed by atoms with Crippen LogP contribution in [-0.4, -0.2) is 37.3 Å². The number of carbonyl (C=O) groups excluding carboxylic acids is 1. The summed E-state index contributed by atoms with van der Waals surface area (Å²) >= 11 is 0. The van der Waals surface area contributed by atoms with Crippen LogP contribution in [0.4, 0.5) is 4.39 Å². The van der Waals surface area contributed by atoms with Crippen LogP contribution in [0.5, 0.6) is 0 Å². The second-order valence-corrected chi connectivity index (χ2v) is 6.30. The second kappa shape index (κ2) is 7.03. The Bertz CT molecular complexity index is 911. The van der Waals surface area contributed by atoms with Crippen molar-refractivity contribution in [3.63, 3.8) is 0 Å². The zero-order chi connectivity index (χ0) is 17.9. The number of rotatable bonds is 4. The predicted molar refractivity (Wildman–Crippen MR) is 92.8 cm³/mol. The summed E-state index contributed by atoms with van der Waals surface area (Å²) in [4.78, 5) is 19.0. The standard InChI is InChI=1S/C19H18FN5O/c20-15-7-2-1-6-14(15)12-24-13-17(22-23-24)19(26)25-11-5-9-18(25)16-8-3-4-10-21-16/h1-4,6-8,10,13,18H,5,9,11-12H2. The molecule has 0 N–H and O–H groups in total. The molecule has 1 aliphatic heterocycles. The van der Waals surface area contributed by atoms with Crippen LogP contribution in [0.3, 0.4) is 0 Å². The number of likely N-dealkylation sites (tertiary alicyclic amines) is 1. The van der Waals surface area contributed by atoms with Crippen molar-refractivity contribution in [2.75, 3.05) is 6.54 Å². The summed E-state index contributed by atoms with van der Waals surface area (Å²) in [7, 11) is 0. The number of benzene rings is 1. The first kappa shape index (κ1) is 16.4. The van der Waals surface area contributed by atoms with E-state index in [1.807, 2.05) is 18.2 Å². The summed E-state index contributed by atoms with van der Waals surface area (Å²) in [6.07, 6.45) is 5.12. The summed E-state index contributed by atoms with van der Waals surface area (Å²) in [6.45, 7) is 0.900. The van der Waals surface area contributed by atoms with E-state index in [2.05, 4.69) is 15.3 Å². The molecule has 0 radical (unpaired) electrons. The lowest BCUT2D eigenvalue weighted by atomic mass is 10.1. The third-order valence-electron chi connectivity index (χ3n) is 4.59. The molecule has 2 aromatic heterocycles. The first-order valence-corrected chi connectivity index (χ1v) is 8.58. The van der Waals surface area contributed by atoms with Crippen LogP contribution in [0.15, 0.2) is 54.9 Å². The largest absolute Gasteiger partial charge is 0.329 e. The molecule has 1 aromatic carbocycles. The Morgan fingerprint density at radius 2 is 2.04 bits per heavy atom. The second-order valence-electron chi connectivity index (χ2n) is 6.30. The number of carbonyl (C=O) groups is 1. The Morgan fingerprint density at radius 1 is 1.19 bits per heavy atom. The van der Waals surface area contributed by atoms with Crippen molar-refractivity contribution in [3.05, 3.63) is 77.6 Å². The summed E-state index contributed by atoms with van der Waals surface area (Å²) in [5, 5.41) is 7.97. The van der Waals surface area contributed by atoms with Crippen LogP contribution in [0, 0.1) is 5.82 Å². The average Bonchev–Trinajstić information content (AvgIpc) is 3.33. The molecule has 1 atom stereocenters. The molecule has 6 nitrogen and oxygen atoms in total. The molecule has 0 aliphatic carbocycles. The molecule has 1 unspecified atom stereocenters. The quantitative estimate of drug-likeness (QED) is 0.725. The van der Waals surface area contributed by atoms with E-state index in [0.29, 0.717) is 12.1 Å². The van der Waals surface area contributed by atoms with Gasteiger partial charge in [0.15, 0.2) is 5.69 Å². The molecule has 26 heavy (non-hydrogen) atoms. The van der Waals surface area contributed by atoms with Gasteiger partial charge in [-0.1, -0.05) is 29.5 Å². The average molecular weight is 351 g/mol. The molecule has 132 valence electrons. The molecule has 1 saturated heterocycles. The Kier molecular flexibility index (Phi) is 4.43. The monoisotopic (exact) mass is 351 g/mol. The highest BCUT2D eigenvalue weighted by Gasteiger charge is 2.32. The predicted octanol–water partition coefficient (Wildman–Crippen LogP) is 2.84. The molecule has 3 heterocycles. The molecule has 0 spiro atoms. The topological polar surface area (TPSA) is 63.9 Å². The van der Waals surface area contributed by atoms with Gasteiger partial charge in [0.25, 0.3) is 5.91 Å². The molecule has 1 aliphatic rings. The summed E-state index contributed by atoms with van der Waals surface area (Å²) in [5.41, 5.74) is 1.66. The molecule has 4 rings (SSSR count). The summed E-state index contributed by atoms with van der Waals surface area (Å²) < 4.78 is 15.3. The van der Waals surface area contributed by atoms with Crippen LogP contribution in [0.2, 0.25) is 0 Å². The van der Waals surface area contributed by atoms with Crippen LogP contribution >= 0.6 is 0 Å². The van der Waals surface area contributed by atoms with Crippen LogP contribution < -0.4 is 0 Å². The van der Waals surface area contributed by atoms with Gasteiger partial charge in [-0.05, 0) is 31.0 Å². The third kappa shape index (κ3) is 3.20. The van der Waals surface area contributed by atoms with E-state index in [1.54, 1.807) is 35.5 Å². The molecule has 0 saturated carbocycles. The van der Waals surface area contributed by atoms with Crippen molar-refractivity contribution in [1.29, 1.82) is 0 Å². The van der Waals surface area contributed by atoms with Gasteiger partial charge in [-0.15, -0.1) is 5.10 Å². The number of hydrogen-bond donors (Lipinski definition) is 0. The fourth-order valence-electron chi connectivity index (χ4n) is 3.31. The minimum Gasteiger partial charge on any atom is -0.329 e. The van der Waals surface area contributed by atoms with Crippen molar-refractivity contribution < 1.29 is 9.18 Å². The lowest BCUT2D eigenvalue weighted by Gasteiger charge is -2.23. The molecular weight excluding hydrogens is 333 g/mol. The first-order valence-electron chi connectivity index (χ1n) is 8.58. The van der Waals surface area contributed by atoms with Crippen LogP contribution in [-0.2, 0) is 6.54 Å². The van der Waals surface area contributed by atoms with E-state index in [1.165, 1.54) is 10.7 Å². The van der Waals surface area contributed by atoms with Crippen molar-refractivity contribution in [2.24, 2.45) is 0 Å². The van der Waals surface area contributed by atoms with Gasteiger partial charge in [0.2, 0.25) is 0 Å². The van der Waals surface area contributed by atoms with Gasteiger partial charge in [0.1, 0.15) is 5.82 Å². The fraction of sp³-hybridized carbons (Fsp3) is 0.263. The van der Waals surface area contributed by atoms with Crippen molar-refractivity contribution in [1.82, 2.24) is 24.9 Å². The molecule has 1 amide bonds. The Labute approximate surface area is 150 Å². The van der Waals surface area contributed by atoms with Crippen molar-refractivity contribution in [2.45, 2.75) is 25.4 Å². The lowest BCUT2D eigenvalue weighted by molar-refractivity contribution is 0.0727. The van der Waals surface area contributed by atoms with Gasteiger partial charge in [0, 0.05) is 18.3 Å². The highest BCUT2D eigenvalue weighted by Crippen LogP contribution is 2.31. The Balaban J connectivity index is 1.52. The van der Waals surface area contributed by atoms with Gasteiger partial charge in [-0.3, -0.25) is 9.78 Å². The van der Waals surface area contributed by atoms with Crippen molar-refractivity contribution >= 4 is 5.91 Å². The number of hydrogen-bond acceptors (Lipinski definition) is 4. The fourth-order valence-corrected chi connectivity index (χ4v) is 3.31. The normalized spacial score (nSPS) is 16.8. The summed E-state index contributed by atoms with van der Waals surface area (Å²) in [5.74, 6) is -0.469. The maximum atomic E-state index is 13.8. The van der Waals surface area contributed by atoms with Gasteiger partial charge in [0.05, 0.1) is 24.5 Å². The number of halogens is 1. The van der Waals surface area contributed by atoms with Gasteiger partial charge < -0.3 is 4.90 Å². The molecule has 0 bridgehead atoms. The SMILES string of the molecule is O=C(c1cn(Cc2ccccc2F)nn1)N1CCCC1c1ccccn1. The van der Waals surface area contributed by atoms with Gasteiger partial charge in [-0.25, -0.2) is 9.07 Å². The zero-order valence-corrected chi connectivity index (χ0v) is 14.1. The Hall–Kier alpha value is -3.09. The summed E-state index contributed by atoms with van der Waals surface area (Å²) in [6, 6.07) is 12.2. The minimum absolute atomic E-state index is 0.0413. The highest BCUT2D eigenvalue weighted by atomic mass is 19.1. The van der Waals surface area contributed by atoms with E-state index in [-0.39, 0.29) is 30.0 Å². The molecule has 1 fully saturated rings. The number of aromatic nitrogens is 4. The lowest BCUT2D eigenvalue weighted by Crippen LogP contribution is -2.31. The number of nitrogens with zero attached hydrogens (tertiary/aromatic N) is 5. The number of pyridine rings is 1. The first-order chi connectivity index (χ1) is 12.7. The third-order valence-corrected chi connectivity index (χ3v) is 4.59.